The number of amides is 2. The molecule has 1 aliphatic rings. The Morgan fingerprint density at radius 1 is 1.55 bits per heavy atom. The fraction of sp³-hybridized carbons (Fsp3) is 0.615. The second-order valence-electron chi connectivity index (χ2n) is 5.50. The zero-order chi connectivity index (χ0) is 14.8. The standard InChI is InChI=1S/C13H20N4O3/c1-13(11(18)19)5-3-7-17(9-13)12(20)14-8-10-4-6-15-16(10)2/h4,6H,3,5,7-9H2,1-2H3,(H,14,20)(H,18,19). The highest BCUT2D eigenvalue weighted by atomic mass is 16.4. The van der Waals surface area contributed by atoms with Gasteiger partial charge in [-0.15, -0.1) is 0 Å². The Morgan fingerprint density at radius 3 is 2.90 bits per heavy atom. The molecule has 2 amide bonds. The van der Waals surface area contributed by atoms with E-state index in [0.29, 0.717) is 25.9 Å². The van der Waals surface area contributed by atoms with Gasteiger partial charge in [0.05, 0.1) is 17.7 Å². The van der Waals surface area contributed by atoms with E-state index in [1.54, 1.807) is 22.7 Å². The van der Waals surface area contributed by atoms with Crippen molar-refractivity contribution in [3.8, 4) is 0 Å². The number of carbonyl (C=O) groups is 2. The van der Waals surface area contributed by atoms with Crippen molar-refractivity contribution in [2.75, 3.05) is 13.1 Å². The molecule has 2 rings (SSSR count). The van der Waals surface area contributed by atoms with Crippen LogP contribution in [-0.4, -0.2) is 44.9 Å². The molecule has 0 radical (unpaired) electrons. The van der Waals surface area contributed by atoms with E-state index in [1.165, 1.54) is 0 Å². The summed E-state index contributed by atoms with van der Waals surface area (Å²) < 4.78 is 1.69. The highest BCUT2D eigenvalue weighted by molar-refractivity contribution is 5.78. The van der Waals surface area contributed by atoms with Gasteiger partial charge in [0, 0.05) is 26.3 Å². The first-order chi connectivity index (χ1) is 9.42. The Morgan fingerprint density at radius 2 is 2.30 bits per heavy atom. The Balaban J connectivity index is 1.92. The number of aromatic nitrogens is 2. The molecule has 2 N–H and O–H groups in total. The highest BCUT2D eigenvalue weighted by Gasteiger charge is 2.39. The number of hydrogen-bond acceptors (Lipinski definition) is 3. The smallest absolute Gasteiger partial charge is 0.317 e. The molecule has 1 unspecified atom stereocenters. The summed E-state index contributed by atoms with van der Waals surface area (Å²) in [5, 5.41) is 16.1. The van der Waals surface area contributed by atoms with Gasteiger partial charge in [0.1, 0.15) is 0 Å². The molecule has 20 heavy (non-hydrogen) atoms. The number of aryl methyl sites for hydroxylation is 1. The largest absolute Gasteiger partial charge is 0.481 e. The Bertz CT molecular complexity index is 513. The van der Waals surface area contributed by atoms with Crippen molar-refractivity contribution in [1.29, 1.82) is 0 Å². The van der Waals surface area contributed by atoms with Crippen molar-refractivity contribution >= 4 is 12.0 Å². The zero-order valence-electron chi connectivity index (χ0n) is 11.8. The third-order valence-electron chi connectivity index (χ3n) is 3.84. The number of nitrogens with one attached hydrogen (secondary N) is 1. The topological polar surface area (TPSA) is 87.5 Å². The molecular formula is C13H20N4O3. The second-order valence-corrected chi connectivity index (χ2v) is 5.50. The summed E-state index contributed by atoms with van der Waals surface area (Å²) in [5.74, 6) is -0.846. The molecular weight excluding hydrogens is 260 g/mol. The normalized spacial score (nSPS) is 22.6. The number of piperidine rings is 1. The average Bonchev–Trinajstić information content (AvgIpc) is 2.81. The summed E-state index contributed by atoms with van der Waals surface area (Å²) in [5.41, 5.74) is 0.0543. The monoisotopic (exact) mass is 280 g/mol. The number of nitrogens with zero attached hydrogens (tertiary/aromatic N) is 3. The quantitative estimate of drug-likeness (QED) is 0.858. The number of carboxylic acid groups (broad SMARTS) is 1. The third kappa shape index (κ3) is 2.92. The van der Waals surface area contributed by atoms with Crippen LogP contribution in [0.2, 0.25) is 0 Å². The lowest BCUT2D eigenvalue weighted by Gasteiger charge is -2.37. The van der Waals surface area contributed by atoms with E-state index in [1.807, 2.05) is 13.1 Å². The van der Waals surface area contributed by atoms with Gasteiger partial charge < -0.3 is 15.3 Å². The summed E-state index contributed by atoms with van der Waals surface area (Å²) in [6, 6.07) is 1.61. The first-order valence-electron chi connectivity index (χ1n) is 6.65. The molecule has 7 nitrogen and oxygen atoms in total. The van der Waals surface area contributed by atoms with Crippen molar-refractivity contribution in [2.24, 2.45) is 12.5 Å². The third-order valence-corrected chi connectivity index (χ3v) is 3.84. The molecule has 1 aromatic heterocycles. The van der Waals surface area contributed by atoms with Gasteiger partial charge in [0.2, 0.25) is 0 Å². The van der Waals surface area contributed by atoms with Crippen molar-refractivity contribution < 1.29 is 14.7 Å². The van der Waals surface area contributed by atoms with E-state index >= 15 is 0 Å². The van der Waals surface area contributed by atoms with E-state index in [4.69, 9.17) is 0 Å². The predicted molar refractivity (Wildman–Crippen MR) is 72.0 cm³/mol. The molecule has 0 bridgehead atoms. The van der Waals surface area contributed by atoms with Crippen LogP contribution in [-0.2, 0) is 18.4 Å². The van der Waals surface area contributed by atoms with Crippen LogP contribution in [0.25, 0.3) is 0 Å². The minimum Gasteiger partial charge on any atom is -0.481 e. The fourth-order valence-corrected chi connectivity index (χ4v) is 2.44. The summed E-state index contributed by atoms with van der Waals surface area (Å²) >= 11 is 0. The molecule has 1 aliphatic heterocycles. The first kappa shape index (κ1) is 14.4. The first-order valence-corrected chi connectivity index (χ1v) is 6.65. The lowest BCUT2D eigenvalue weighted by molar-refractivity contribution is -0.150. The lowest BCUT2D eigenvalue weighted by Crippen LogP contribution is -2.51. The predicted octanol–water partition coefficient (Wildman–Crippen LogP) is 0.816. The van der Waals surface area contributed by atoms with Gasteiger partial charge in [-0.3, -0.25) is 9.48 Å². The van der Waals surface area contributed by atoms with Crippen LogP contribution >= 0.6 is 0 Å². The number of carboxylic acids is 1. The van der Waals surface area contributed by atoms with Crippen LogP contribution in [0.15, 0.2) is 12.3 Å². The van der Waals surface area contributed by atoms with Gasteiger partial charge in [-0.2, -0.15) is 5.10 Å². The molecule has 110 valence electrons. The van der Waals surface area contributed by atoms with Crippen LogP contribution in [0.5, 0.6) is 0 Å². The number of hydrogen-bond donors (Lipinski definition) is 2. The molecule has 0 aromatic carbocycles. The van der Waals surface area contributed by atoms with Crippen LogP contribution in [0, 0.1) is 5.41 Å². The van der Waals surface area contributed by atoms with Gasteiger partial charge in [-0.05, 0) is 25.8 Å². The van der Waals surface area contributed by atoms with Crippen LogP contribution in [0.4, 0.5) is 4.79 Å². The van der Waals surface area contributed by atoms with Crippen molar-refractivity contribution in [3.05, 3.63) is 18.0 Å². The molecule has 0 spiro atoms. The minimum atomic E-state index is -0.846. The maximum Gasteiger partial charge on any atom is 0.317 e. The van der Waals surface area contributed by atoms with Gasteiger partial charge in [-0.1, -0.05) is 0 Å². The SMILES string of the molecule is Cn1nccc1CNC(=O)N1CCCC(C)(C(=O)O)C1. The minimum absolute atomic E-state index is 0.224. The van der Waals surface area contributed by atoms with Gasteiger partial charge in [0.15, 0.2) is 0 Å². The van der Waals surface area contributed by atoms with Crippen LogP contribution in [0.3, 0.4) is 0 Å². The van der Waals surface area contributed by atoms with Crippen LogP contribution < -0.4 is 5.32 Å². The van der Waals surface area contributed by atoms with E-state index in [-0.39, 0.29) is 12.6 Å². The molecule has 0 saturated carbocycles. The van der Waals surface area contributed by atoms with Crippen molar-refractivity contribution in [1.82, 2.24) is 20.0 Å². The molecule has 1 fully saturated rings. The number of likely N-dealkylation sites (tertiary alicyclic amines) is 1. The molecule has 1 aromatic rings. The van der Waals surface area contributed by atoms with Gasteiger partial charge >= 0.3 is 12.0 Å². The lowest BCUT2D eigenvalue weighted by atomic mass is 9.82. The number of carbonyl (C=O) groups excluding carboxylic acids is 1. The Kier molecular flexibility index (Phi) is 3.96. The number of aliphatic carboxylic acids is 1. The number of urea groups is 1. The van der Waals surface area contributed by atoms with E-state index < -0.39 is 11.4 Å². The van der Waals surface area contributed by atoms with E-state index in [2.05, 4.69) is 10.4 Å². The van der Waals surface area contributed by atoms with Crippen molar-refractivity contribution in [2.45, 2.75) is 26.3 Å². The maximum atomic E-state index is 12.1. The van der Waals surface area contributed by atoms with E-state index in [9.17, 15) is 14.7 Å². The molecule has 7 heteroatoms. The Labute approximate surface area is 117 Å². The van der Waals surface area contributed by atoms with Crippen LogP contribution in [0.1, 0.15) is 25.5 Å². The molecule has 0 aliphatic carbocycles. The summed E-state index contributed by atoms with van der Waals surface area (Å²) in [6.07, 6.45) is 2.99. The highest BCUT2D eigenvalue weighted by Crippen LogP contribution is 2.29. The summed E-state index contributed by atoms with van der Waals surface area (Å²) in [4.78, 5) is 24.9. The number of rotatable bonds is 3. The zero-order valence-corrected chi connectivity index (χ0v) is 11.8. The van der Waals surface area contributed by atoms with Gasteiger partial charge in [-0.25, -0.2) is 4.79 Å². The average molecular weight is 280 g/mol. The maximum absolute atomic E-state index is 12.1. The molecule has 1 atom stereocenters. The van der Waals surface area contributed by atoms with Gasteiger partial charge in [0.25, 0.3) is 0 Å². The Hall–Kier alpha value is -2.05. The molecule has 2 heterocycles. The second kappa shape index (κ2) is 5.52. The van der Waals surface area contributed by atoms with Crippen molar-refractivity contribution in [3.63, 3.8) is 0 Å². The fourth-order valence-electron chi connectivity index (χ4n) is 2.44. The summed E-state index contributed by atoms with van der Waals surface area (Å²) in [6.45, 7) is 2.92. The molecule has 1 saturated heterocycles. The van der Waals surface area contributed by atoms with E-state index in [0.717, 1.165) is 5.69 Å². The summed E-state index contributed by atoms with van der Waals surface area (Å²) in [7, 11) is 1.81.